The van der Waals surface area contributed by atoms with Crippen LogP contribution in [0.3, 0.4) is 0 Å². The molecule has 0 bridgehead atoms. The molecule has 0 aliphatic carbocycles. The number of aliphatic hydroxyl groups is 1. The van der Waals surface area contributed by atoms with Crippen molar-refractivity contribution >= 4 is 17.2 Å². The van der Waals surface area contributed by atoms with Gasteiger partial charge in [0.2, 0.25) is 0 Å². The van der Waals surface area contributed by atoms with Crippen molar-refractivity contribution in [3.63, 3.8) is 0 Å². The van der Waals surface area contributed by atoms with E-state index >= 15 is 0 Å². The van der Waals surface area contributed by atoms with Gasteiger partial charge in [-0.25, -0.2) is 0 Å². The number of benzene rings is 1. The van der Waals surface area contributed by atoms with Crippen molar-refractivity contribution in [1.82, 2.24) is 5.32 Å². The Balaban J connectivity index is 2.11. The second-order valence-corrected chi connectivity index (χ2v) is 5.65. The lowest BCUT2D eigenvalue weighted by atomic mass is 10.1. The number of amides is 1. The molecule has 1 aromatic heterocycles. The number of nitrogens with one attached hydrogen (secondary N) is 1. The van der Waals surface area contributed by atoms with Gasteiger partial charge >= 0.3 is 0 Å². The summed E-state index contributed by atoms with van der Waals surface area (Å²) in [5.74, 6) is 5.22. The van der Waals surface area contributed by atoms with Crippen LogP contribution < -0.4 is 5.32 Å². The number of carbonyl (C=O) groups excluding carboxylic acids is 1. The minimum absolute atomic E-state index is 0.0705. The highest BCUT2D eigenvalue weighted by Crippen LogP contribution is 2.18. The van der Waals surface area contributed by atoms with Crippen LogP contribution in [0, 0.1) is 18.8 Å². The average Bonchev–Trinajstić information content (AvgIpc) is 2.94. The highest BCUT2D eigenvalue weighted by Gasteiger charge is 2.15. The first-order valence-electron chi connectivity index (χ1n) is 6.66. The first kappa shape index (κ1) is 15.3. The van der Waals surface area contributed by atoms with Crippen LogP contribution in [0.25, 0.3) is 0 Å². The molecule has 108 valence electrons. The number of hydrogen-bond donors (Lipinski definition) is 2. The SMILES string of the molecule is Cc1ccc(C(C)NC(=O)c2sccc2C#CCO)cc1. The molecule has 0 aliphatic heterocycles. The molecule has 1 aromatic carbocycles. The van der Waals surface area contributed by atoms with Gasteiger partial charge in [0, 0.05) is 5.56 Å². The van der Waals surface area contributed by atoms with Crippen molar-refractivity contribution in [3.8, 4) is 11.8 Å². The Bertz CT molecular complexity index is 677. The Morgan fingerprint density at radius 2 is 2.05 bits per heavy atom. The summed E-state index contributed by atoms with van der Waals surface area (Å²) in [5.41, 5.74) is 2.91. The Labute approximate surface area is 128 Å². The average molecular weight is 299 g/mol. The number of rotatable bonds is 3. The van der Waals surface area contributed by atoms with E-state index in [4.69, 9.17) is 5.11 Å². The van der Waals surface area contributed by atoms with Crippen LogP contribution in [-0.4, -0.2) is 17.6 Å². The summed E-state index contributed by atoms with van der Waals surface area (Å²) in [4.78, 5) is 12.9. The number of thiophene rings is 1. The maximum absolute atomic E-state index is 12.3. The van der Waals surface area contributed by atoms with Crippen LogP contribution in [0.4, 0.5) is 0 Å². The number of carbonyl (C=O) groups is 1. The monoisotopic (exact) mass is 299 g/mol. The molecule has 2 rings (SSSR count). The largest absolute Gasteiger partial charge is 0.384 e. The molecule has 0 fully saturated rings. The first-order valence-corrected chi connectivity index (χ1v) is 7.54. The lowest BCUT2D eigenvalue weighted by Gasteiger charge is -2.14. The lowest BCUT2D eigenvalue weighted by molar-refractivity contribution is 0.0944. The molecule has 0 saturated heterocycles. The van der Waals surface area contributed by atoms with Crippen LogP contribution in [0.15, 0.2) is 35.7 Å². The van der Waals surface area contributed by atoms with E-state index in [9.17, 15) is 4.79 Å². The van der Waals surface area contributed by atoms with Crippen molar-refractivity contribution in [2.45, 2.75) is 19.9 Å². The molecule has 2 aromatic rings. The Morgan fingerprint density at radius 3 is 2.71 bits per heavy atom. The molecule has 4 heteroatoms. The van der Waals surface area contributed by atoms with E-state index in [2.05, 4.69) is 17.2 Å². The molecule has 0 radical (unpaired) electrons. The summed E-state index contributed by atoms with van der Waals surface area (Å²) in [5, 5.41) is 13.5. The highest BCUT2D eigenvalue weighted by atomic mass is 32.1. The van der Waals surface area contributed by atoms with Crippen LogP contribution >= 0.6 is 11.3 Å². The van der Waals surface area contributed by atoms with Gasteiger partial charge in [-0.1, -0.05) is 41.7 Å². The quantitative estimate of drug-likeness (QED) is 0.856. The topological polar surface area (TPSA) is 49.3 Å². The van der Waals surface area contributed by atoms with Crippen molar-refractivity contribution in [2.75, 3.05) is 6.61 Å². The van der Waals surface area contributed by atoms with Crippen LogP contribution in [0.1, 0.15) is 39.3 Å². The summed E-state index contributed by atoms with van der Waals surface area (Å²) >= 11 is 1.35. The molecule has 3 nitrogen and oxygen atoms in total. The van der Waals surface area contributed by atoms with Gasteiger partial charge in [0.25, 0.3) is 5.91 Å². The molecular formula is C17H17NO2S. The fraction of sp³-hybridized carbons (Fsp3) is 0.235. The van der Waals surface area contributed by atoms with Gasteiger partial charge in [-0.05, 0) is 30.9 Å². The molecule has 1 atom stereocenters. The number of hydrogen-bond acceptors (Lipinski definition) is 3. The van der Waals surface area contributed by atoms with E-state index in [1.807, 2.05) is 43.5 Å². The van der Waals surface area contributed by atoms with E-state index in [1.54, 1.807) is 6.07 Å². The minimum atomic E-state index is -0.212. The van der Waals surface area contributed by atoms with Crippen LogP contribution in [-0.2, 0) is 0 Å². The van der Waals surface area contributed by atoms with Gasteiger partial charge in [-0.3, -0.25) is 4.79 Å². The zero-order chi connectivity index (χ0) is 15.2. The van der Waals surface area contributed by atoms with Gasteiger partial charge in [0.1, 0.15) is 11.5 Å². The smallest absolute Gasteiger partial charge is 0.263 e. The van der Waals surface area contributed by atoms with Crippen molar-refractivity contribution < 1.29 is 9.90 Å². The third kappa shape index (κ3) is 3.94. The second kappa shape index (κ2) is 7.07. The van der Waals surface area contributed by atoms with Crippen molar-refractivity contribution in [1.29, 1.82) is 0 Å². The van der Waals surface area contributed by atoms with Gasteiger partial charge in [0.15, 0.2) is 0 Å². The molecule has 1 unspecified atom stereocenters. The first-order chi connectivity index (χ1) is 10.1. The maximum atomic E-state index is 12.3. The second-order valence-electron chi connectivity index (χ2n) is 4.73. The molecular weight excluding hydrogens is 282 g/mol. The van der Waals surface area contributed by atoms with E-state index in [1.165, 1.54) is 16.9 Å². The normalized spacial score (nSPS) is 11.4. The number of aryl methyl sites for hydroxylation is 1. The van der Waals surface area contributed by atoms with Gasteiger partial charge in [0.05, 0.1) is 6.04 Å². The zero-order valence-corrected chi connectivity index (χ0v) is 12.8. The summed E-state index contributed by atoms with van der Waals surface area (Å²) in [7, 11) is 0. The predicted molar refractivity (Wildman–Crippen MR) is 85.3 cm³/mol. The molecule has 2 N–H and O–H groups in total. The Kier molecular flexibility index (Phi) is 5.15. The van der Waals surface area contributed by atoms with Gasteiger partial charge in [-0.15, -0.1) is 11.3 Å². The lowest BCUT2D eigenvalue weighted by Crippen LogP contribution is -2.26. The van der Waals surface area contributed by atoms with E-state index in [0.29, 0.717) is 10.4 Å². The van der Waals surface area contributed by atoms with E-state index in [-0.39, 0.29) is 18.6 Å². The minimum Gasteiger partial charge on any atom is -0.384 e. The van der Waals surface area contributed by atoms with Gasteiger partial charge in [-0.2, -0.15) is 0 Å². The summed E-state index contributed by atoms with van der Waals surface area (Å²) in [6, 6.07) is 9.81. The molecule has 1 amide bonds. The third-order valence-electron chi connectivity index (χ3n) is 3.10. The van der Waals surface area contributed by atoms with Gasteiger partial charge < -0.3 is 10.4 Å². The zero-order valence-electron chi connectivity index (χ0n) is 12.0. The summed E-state index contributed by atoms with van der Waals surface area (Å²) < 4.78 is 0. The fourth-order valence-electron chi connectivity index (χ4n) is 1.92. The Morgan fingerprint density at radius 1 is 1.33 bits per heavy atom. The maximum Gasteiger partial charge on any atom is 0.263 e. The molecule has 0 saturated carbocycles. The fourth-order valence-corrected chi connectivity index (χ4v) is 2.67. The van der Waals surface area contributed by atoms with Crippen LogP contribution in [0.5, 0.6) is 0 Å². The predicted octanol–water partition coefficient (Wildman–Crippen LogP) is 2.89. The highest BCUT2D eigenvalue weighted by molar-refractivity contribution is 7.12. The van der Waals surface area contributed by atoms with E-state index in [0.717, 1.165) is 5.56 Å². The molecule has 0 aliphatic rings. The third-order valence-corrected chi connectivity index (χ3v) is 4.01. The van der Waals surface area contributed by atoms with Crippen LogP contribution in [0.2, 0.25) is 0 Å². The Hall–Kier alpha value is -2.09. The standard InChI is InChI=1S/C17H17NO2S/c1-12-5-7-14(8-6-12)13(2)18-17(20)16-15(4-3-10-19)9-11-21-16/h5-9,11,13,19H,10H2,1-2H3,(H,18,20). The number of aliphatic hydroxyl groups excluding tert-OH is 1. The summed E-state index contributed by atoms with van der Waals surface area (Å²) in [6.45, 7) is 3.77. The van der Waals surface area contributed by atoms with Crippen molar-refractivity contribution in [3.05, 3.63) is 57.3 Å². The molecule has 1 heterocycles. The van der Waals surface area contributed by atoms with Crippen molar-refractivity contribution in [2.24, 2.45) is 0 Å². The molecule has 21 heavy (non-hydrogen) atoms. The summed E-state index contributed by atoms with van der Waals surface area (Å²) in [6.07, 6.45) is 0. The molecule has 0 spiro atoms. The van der Waals surface area contributed by atoms with E-state index < -0.39 is 0 Å².